The Morgan fingerprint density at radius 3 is 2.90 bits per heavy atom. The summed E-state index contributed by atoms with van der Waals surface area (Å²) in [5.74, 6) is 2.45. The van der Waals surface area contributed by atoms with Crippen molar-refractivity contribution in [3.63, 3.8) is 0 Å². The van der Waals surface area contributed by atoms with E-state index in [0.29, 0.717) is 21.4 Å². The highest BCUT2D eigenvalue weighted by Crippen LogP contribution is 2.25. The Labute approximate surface area is 137 Å². The van der Waals surface area contributed by atoms with E-state index in [1.165, 1.54) is 0 Å². The second kappa shape index (κ2) is 7.31. The van der Waals surface area contributed by atoms with E-state index >= 15 is 0 Å². The first-order valence-corrected chi connectivity index (χ1v) is 8.20. The van der Waals surface area contributed by atoms with Crippen LogP contribution in [0.2, 0.25) is 10.0 Å². The molecule has 106 valence electrons. The predicted molar refractivity (Wildman–Crippen MR) is 89.1 cm³/mol. The summed E-state index contributed by atoms with van der Waals surface area (Å²) in [6.07, 6.45) is 1.80. The van der Waals surface area contributed by atoms with E-state index in [-0.39, 0.29) is 0 Å². The van der Waals surface area contributed by atoms with Crippen molar-refractivity contribution in [1.82, 2.24) is 14.8 Å². The molecule has 0 amide bonds. The largest absolute Gasteiger partial charge is 0.300 e. The van der Waals surface area contributed by atoms with Gasteiger partial charge in [-0.15, -0.1) is 18.3 Å². The average molecular weight is 346 g/mol. The number of benzene rings is 1. The lowest BCUT2D eigenvalue weighted by Gasteiger charge is -2.06. The number of allylic oxidation sites excluding steroid dienone is 1. The fraction of sp³-hybridized carbons (Fsp3) is 0.231. The molecular weight excluding hydrogens is 333 g/mol. The second-order valence-electron chi connectivity index (χ2n) is 4.07. The minimum Gasteiger partial charge on any atom is -0.300 e. The molecule has 0 aliphatic carbocycles. The second-order valence-corrected chi connectivity index (χ2v) is 6.29. The van der Waals surface area contributed by atoms with Crippen LogP contribution in [0.15, 0.2) is 30.9 Å². The maximum absolute atomic E-state index is 6.14. The van der Waals surface area contributed by atoms with Crippen molar-refractivity contribution in [2.24, 2.45) is 0 Å². The smallest absolute Gasteiger partial charge is 0.195 e. The van der Waals surface area contributed by atoms with E-state index in [4.69, 9.17) is 35.4 Å². The Bertz CT molecular complexity index is 664. The summed E-state index contributed by atoms with van der Waals surface area (Å²) in [6.45, 7) is 4.38. The number of nitrogens with one attached hydrogen (secondary N) is 1. The van der Waals surface area contributed by atoms with Crippen LogP contribution < -0.4 is 0 Å². The van der Waals surface area contributed by atoms with Gasteiger partial charge in [0, 0.05) is 22.3 Å². The number of hydrogen-bond acceptors (Lipinski definition) is 3. The molecule has 0 spiro atoms. The van der Waals surface area contributed by atoms with E-state index in [1.54, 1.807) is 23.9 Å². The molecule has 1 N–H and O–H groups in total. The van der Waals surface area contributed by atoms with Crippen LogP contribution in [0.4, 0.5) is 0 Å². The van der Waals surface area contributed by atoms with Crippen LogP contribution in [0.25, 0.3) is 0 Å². The van der Waals surface area contributed by atoms with Crippen molar-refractivity contribution >= 4 is 47.2 Å². The molecule has 0 fully saturated rings. The first kappa shape index (κ1) is 15.6. The average Bonchev–Trinajstić information content (AvgIpc) is 2.75. The molecule has 0 aliphatic heterocycles. The molecule has 3 nitrogen and oxygen atoms in total. The molecule has 0 unspecified atom stereocenters. The van der Waals surface area contributed by atoms with Gasteiger partial charge in [0.2, 0.25) is 0 Å². The number of aromatic amines is 1. The highest BCUT2D eigenvalue weighted by molar-refractivity contribution is 7.97. The number of hydrogen-bond donors (Lipinski definition) is 1. The van der Waals surface area contributed by atoms with E-state index in [9.17, 15) is 0 Å². The highest BCUT2D eigenvalue weighted by atomic mass is 35.5. The highest BCUT2D eigenvalue weighted by Gasteiger charge is 2.06. The Morgan fingerprint density at radius 1 is 1.40 bits per heavy atom. The van der Waals surface area contributed by atoms with Crippen LogP contribution in [-0.2, 0) is 18.1 Å². The van der Waals surface area contributed by atoms with Gasteiger partial charge in [0.05, 0.1) is 5.75 Å². The standard InChI is InChI=1S/C13H13Cl2N3S2/c1-2-5-18-12(16-17-13(18)19)8-20-7-9-3-4-10(14)6-11(9)15/h2-4,6H,1,5,7-8H2,(H,17,19). The van der Waals surface area contributed by atoms with Gasteiger partial charge < -0.3 is 0 Å². The minimum atomic E-state index is 0.616. The van der Waals surface area contributed by atoms with Crippen LogP contribution in [0, 0.1) is 4.77 Å². The summed E-state index contributed by atoms with van der Waals surface area (Å²) in [6, 6.07) is 5.54. The Balaban J connectivity index is 1.99. The topological polar surface area (TPSA) is 33.6 Å². The lowest BCUT2D eigenvalue weighted by Crippen LogP contribution is -2.01. The molecule has 0 atom stereocenters. The zero-order valence-corrected chi connectivity index (χ0v) is 13.7. The third-order valence-corrected chi connectivity index (χ3v) is 4.53. The van der Waals surface area contributed by atoms with E-state index in [0.717, 1.165) is 22.9 Å². The molecule has 0 aliphatic rings. The predicted octanol–water partition coefficient (Wildman–Crippen LogP) is 4.87. The maximum atomic E-state index is 6.14. The third-order valence-electron chi connectivity index (χ3n) is 2.65. The molecule has 2 aromatic rings. The SMILES string of the molecule is C=CCn1c(CSCc2ccc(Cl)cc2Cl)n[nH]c1=S. The van der Waals surface area contributed by atoms with Gasteiger partial charge in [0.25, 0.3) is 0 Å². The molecule has 0 saturated carbocycles. The van der Waals surface area contributed by atoms with Gasteiger partial charge in [0.15, 0.2) is 4.77 Å². The zero-order chi connectivity index (χ0) is 14.5. The molecule has 0 bridgehead atoms. The van der Waals surface area contributed by atoms with Crippen LogP contribution in [0.5, 0.6) is 0 Å². The van der Waals surface area contributed by atoms with E-state index in [1.807, 2.05) is 16.7 Å². The summed E-state index contributed by atoms with van der Waals surface area (Å²) >= 11 is 18.9. The van der Waals surface area contributed by atoms with Gasteiger partial charge >= 0.3 is 0 Å². The lowest BCUT2D eigenvalue weighted by atomic mass is 10.2. The van der Waals surface area contributed by atoms with Crippen LogP contribution in [0.3, 0.4) is 0 Å². The normalized spacial score (nSPS) is 10.7. The molecular formula is C13H13Cl2N3S2. The molecule has 0 saturated heterocycles. The van der Waals surface area contributed by atoms with Crippen molar-refractivity contribution in [2.45, 2.75) is 18.1 Å². The van der Waals surface area contributed by atoms with Crippen LogP contribution in [-0.4, -0.2) is 14.8 Å². The van der Waals surface area contributed by atoms with Gasteiger partial charge in [-0.05, 0) is 29.9 Å². The summed E-state index contributed by atoms with van der Waals surface area (Å²) in [5, 5.41) is 8.36. The van der Waals surface area contributed by atoms with Crippen LogP contribution in [0.1, 0.15) is 11.4 Å². The molecule has 1 aromatic heterocycles. The number of halogens is 2. The van der Waals surface area contributed by atoms with Crippen molar-refractivity contribution in [1.29, 1.82) is 0 Å². The van der Waals surface area contributed by atoms with Crippen molar-refractivity contribution in [2.75, 3.05) is 0 Å². The number of rotatable bonds is 6. The number of aromatic nitrogens is 3. The third kappa shape index (κ3) is 3.88. The molecule has 7 heteroatoms. The molecule has 0 radical (unpaired) electrons. The van der Waals surface area contributed by atoms with Gasteiger partial charge in [-0.3, -0.25) is 9.67 Å². The lowest BCUT2D eigenvalue weighted by molar-refractivity contribution is 0.766. The molecule has 1 aromatic carbocycles. The van der Waals surface area contributed by atoms with Crippen molar-refractivity contribution < 1.29 is 0 Å². The molecule has 1 heterocycles. The van der Waals surface area contributed by atoms with Gasteiger partial charge in [-0.1, -0.05) is 35.3 Å². The number of H-pyrrole nitrogens is 1. The fourth-order valence-electron chi connectivity index (χ4n) is 1.67. The number of thioether (sulfide) groups is 1. The summed E-state index contributed by atoms with van der Waals surface area (Å²) in [7, 11) is 0. The minimum absolute atomic E-state index is 0.616. The Morgan fingerprint density at radius 2 is 2.20 bits per heavy atom. The first-order chi connectivity index (χ1) is 9.61. The first-order valence-electron chi connectivity index (χ1n) is 5.88. The molecule has 20 heavy (non-hydrogen) atoms. The van der Waals surface area contributed by atoms with E-state index in [2.05, 4.69) is 16.8 Å². The summed E-state index contributed by atoms with van der Waals surface area (Å²) in [5.41, 5.74) is 1.06. The maximum Gasteiger partial charge on any atom is 0.195 e. The summed E-state index contributed by atoms with van der Waals surface area (Å²) < 4.78 is 2.55. The number of nitrogens with zero attached hydrogens (tertiary/aromatic N) is 2. The quantitative estimate of drug-likeness (QED) is 0.599. The fourth-order valence-corrected chi connectivity index (χ4v) is 3.43. The van der Waals surface area contributed by atoms with Gasteiger partial charge in [-0.2, -0.15) is 5.10 Å². The Hall–Kier alpha value is -0.750. The van der Waals surface area contributed by atoms with Gasteiger partial charge in [-0.25, -0.2) is 0 Å². The Kier molecular flexibility index (Phi) is 5.72. The van der Waals surface area contributed by atoms with Crippen molar-refractivity contribution in [3.8, 4) is 0 Å². The summed E-state index contributed by atoms with van der Waals surface area (Å²) in [4.78, 5) is 0. The zero-order valence-electron chi connectivity index (χ0n) is 10.6. The van der Waals surface area contributed by atoms with Crippen molar-refractivity contribution in [3.05, 3.63) is 57.1 Å². The van der Waals surface area contributed by atoms with Crippen LogP contribution >= 0.6 is 47.2 Å². The van der Waals surface area contributed by atoms with Gasteiger partial charge in [0.1, 0.15) is 5.82 Å². The van der Waals surface area contributed by atoms with E-state index < -0.39 is 0 Å². The molecule has 2 rings (SSSR count). The monoisotopic (exact) mass is 345 g/mol.